The summed E-state index contributed by atoms with van der Waals surface area (Å²) in [5, 5.41) is 0. The predicted octanol–water partition coefficient (Wildman–Crippen LogP) is 4.27. The van der Waals surface area contributed by atoms with Crippen molar-refractivity contribution in [2.24, 2.45) is 0 Å². The van der Waals surface area contributed by atoms with Crippen molar-refractivity contribution in [3.05, 3.63) is 36.2 Å². The van der Waals surface area contributed by atoms with Crippen LogP contribution in [0, 0.1) is 0 Å². The van der Waals surface area contributed by atoms with Crippen molar-refractivity contribution >= 4 is 0 Å². The highest BCUT2D eigenvalue weighted by Gasteiger charge is 2.33. The molecule has 0 unspecified atom stereocenters. The van der Waals surface area contributed by atoms with E-state index in [1.807, 2.05) is 0 Å². The molecule has 0 atom stereocenters. The largest absolute Gasteiger partial charge is 0.494 e. The molecule has 0 aliphatic heterocycles. The van der Waals surface area contributed by atoms with Gasteiger partial charge in [0, 0.05) is 5.56 Å². The molecular weight excluding hydrogens is 269 g/mol. The molecule has 3 nitrogen and oxygen atoms in total. The highest BCUT2D eigenvalue weighted by molar-refractivity contribution is 5.56. The Hall–Kier alpha value is -1.98. The van der Waals surface area contributed by atoms with Gasteiger partial charge in [-0.05, 0) is 30.7 Å². The Kier molecular flexibility index (Phi) is 4.32. The van der Waals surface area contributed by atoms with Gasteiger partial charge in [0.05, 0.1) is 12.8 Å². The second-order valence-electron chi connectivity index (χ2n) is 4.37. The Morgan fingerprint density at radius 1 is 1.20 bits per heavy atom. The van der Waals surface area contributed by atoms with E-state index in [1.165, 1.54) is 0 Å². The number of rotatable bonds is 5. The second kappa shape index (κ2) is 5.98. The second-order valence-corrected chi connectivity index (χ2v) is 4.37. The third-order valence-corrected chi connectivity index (χ3v) is 2.78. The van der Waals surface area contributed by atoms with Crippen LogP contribution in [0.4, 0.5) is 13.2 Å². The maximum atomic E-state index is 12.5. The molecule has 2 aromatic rings. The lowest BCUT2D eigenvalue weighted by atomic mass is 10.2. The normalized spacial score (nSPS) is 11.6. The molecule has 1 heterocycles. The lowest BCUT2D eigenvalue weighted by Gasteiger charge is -2.05. The molecular formula is C14H15F3N2O. The number of hydrogen-bond acceptors (Lipinski definition) is 2. The Labute approximate surface area is 114 Å². The van der Waals surface area contributed by atoms with Crippen molar-refractivity contribution in [2.75, 3.05) is 6.61 Å². The van der Waals surface area contributed by atoms with Crippen LogP contribution in [0.3, 0.4) is 0 Å². The third kappa shape index (κ3) is 3.53. The predicted molar refractivity (Wildman–Crippen MR) is 69.4 cm³/mol. The Bertz CT molecular complexity index is 546. The quantitative estimate of drug-likeness (QED) is 0.832. The Morgan fingerprint density at radius 3 is 2.45 bits per heavy atom. The Balaban J connectivity index is 2.08. The number of imidazole rings is 1. The summed E-state index contributed by atoms with van der Waals surface area (Å²) in [5.74, 6) is 0.891. The van der Waals surface area contributed by atoms with E-state index in [-0.39, 0.29) is 5.82 Å². The van der Waals surface area contributed by atoms with Gasteiger partial charge in [0.2, 0.25) is 0 Å². The summed E-state index contributed by atoms with van der Waals surface area (Å²) < 4.78 is 42.9. The zero-order chi connectivity index (χ0) is 14.6. The van der Waals surface area contributed by atoms with Gasteiger partial charge >= 0.3 is 6.18 Å². The van der Waals surface area contributed by atoms with Crippen LogP contribution in [0.5, 0.6) is 5.75 Å². The first-order valence-corrected chi connectivity index (χ1v) is 6.36. The van der Waals surface area contributed by atoms with Crippen molar-refractivity contribution in [3.8, 4) is 17.1 Å². The van der Waals surface area contributed by atoms with Crippen LogP contribution in [0.15, 0.2) is 30.5 Å². The number of nitrogens with one attached hydrogen (secondary N) is 1. The maximum absolute atomic E-state index is 12.5. The molecule has 0 saturated heterocycles. The average Bonchev–Trinajstić information content (AvgIpc) is 2.89. The summed E-state index contributed by atoms with van der Waals surface area (Å²) in [6.45, 7) is 2.70. The van der Waals surface area contributed by atoms with E-state index in [0.717, 1.165) is 19.0 Å². The molecule has 2 rings (SSSR count). The van der Waals surface area contributed by atoms with E-state index >= 15 is 0 Å². The molecule has 1 aromatic carbocycles. The van der Waals surface area contributed by atoms with Crippen LogP contribution >= 0.6 is 0 Å². The molecule has 0 aliphatic carbocycles. The number of alkyl halides is 3. The van der Waals surface area contributed by atoms with Crippen LogP contribution in [-0.2, 0) is 6.18 Å². The van der Waals surface area contributed by atoms with Gasteiger partial charge in [0.15, 0.2) is 0 Å². The van der Waals surface area contributed by atoms with Gasteiger partial charge in [0.25, 0.3) is 0 Å². The molecule has 0 fully saturated rings. The van der Waals surface area contributed by atoms with Gasteiger partial charge in [-0.15, -0.1) is 0 Å². The summed E-state index contributed by atoms with van der Waals surface area (Å²) >= 11 is 0. The molecule has 0 spiro atoms. The van der Waals surface area contributed by atoms with Gasteiger partial charge in [-0.25, -0.2) is 4.98 Å². The zero-order valence-electron chi connectivity index (χ0n) is 11.0. The number of benzene rings is 1. The lowest BCUT2D eigenvalue weighted by molar-refractivity contribution is -0.140. The fourth-order valence-corrected chi connectivity index (χ4v) is 1.66. The molecule has 6 heteroatoms. The first-order valence-electron chi connectivity index (χ1n) is 6.36. The molecule has 0 amide bonds. The van der Waals surface area contributed by atoms with Gasteiger partial charge in [0.1, 0.15) is 17.3 Å². The first-order chi connectivity index (χ1) is 9.50. The van der Waals surface area contributed by atoms with E-state index in [2.05, 4.69) is 16.9 Å². The average molecular weight is 284 g/mol. The molecule has 20 heavy (non-hydrogen) atoms. The zero-order valence-corrected chi connectivity index (χ0v) is 11.0. The van der Waals surface area contributed by atoms with Crippen LogP contribution in [-0.4, -0.2) is 16.6 Å². The van der Waals surface area contributed by atoms with Crippen molar-refractivity contribution < 1.29 is 17.9 Å². The highest BCUT2D eigenvalue weighted by atomic mass is 19.4. The molecule has 108 valence electrons. The Morgan fingerprint density at radius 2 is 1.90 bits per heavy atom. The highest BCUT2D eigenvalue weighted by Crippen LogP contribution is 2.29. The lowest BCUT2D eigenvalue weighted by Crippen LogP contribution is -2.04. The molecule has 0 aliphatic rings. The monoisotopic (exact) mass is 284 g/mol. The van der Waals surface area contributed by atoms with Crippen molar-refractivity contribution in [1.29, 1.82) is 0 Å². The van der Waals surface area contributed by atoms with Gasteiger partial charge in [-0.1, -0.05) is 13.3 Å². The number of nitrogens with zero attached hydrogens (tertiary/aromatic N) is 1. The number of ether oxygens (including phenoxy) is 1. The van der Waals surface area contributed by atoms with Crippen LogP contribution in [0.1, 0.15) is 25.5 Å². The topological polar surface area (TPSA) is 37.9 Å². The summed E-state index contributed by atoms with van der Waals surface area (Å²) in [7, 11) is 0. The molecule has 1 aromatic heterocycles. The first kappa shape index (κ1) is 14.4. The van der Waals surface area contributed by atoms with Crippen LogP contribution < -0.4 is 4.74 Å². The summed E-state index contributed by atoms with van der Waals surface area (Å²) in [5.41, 5.74) is -0.265. The molecule has 0 radical (unpaired) electrons. The van der Waals surface area contributed by atoms with Crippen LogP contribution in [0.2, 0.25) is 0 Å². The van der Waals surface area contributed by atoms with E-state index in [1.54, 1.807) is 24.3 Å². The number of halogens is 3. The van der Waals surface area contributed by atoms with E-state index in [9.17, 15) is 13.2 Å². The van der Waals surface area contributed by atoms with E-state index in [0.29, 0.717) is 17.9 Å². The van der Waals surface area contributed by atoms with Crippen LogP contribution in [0.25, 0.3) is 11.4 Å². The fourth-order valence-electron chi connectivity index (χ4n) is 1.66. The van der Waals surface area contributed by atoms with Crippen molar-refractivity contribution in [3.63, 3.8) is 0 Å². The molecule has 0 bridgehead atoms. The van der Waals surface area contributed by atoms with Gasteiger partial charge in [-0.3, -0.25) is 0 Å². The number of H-pyrrole nitrogens is 1. The minimum atomic E-state index is -4.41. The van der Waals surface area contributed by atoms with Crippen molar-refractivity contribution in [1.82, 2.24) is 9.97 Å². The van der Waals surface area contributed by atoms with Gasteiger partial charge in [-0.2, -0.15) is 13.2 Å². The standard InChI is InChI=1S/C14H15F3N2O/c1-2-3-8-20-11-6-4-10(5-7-11)13-18-9-12(19-13)14(15,16)17/h4-7,9H,2-3,8H2,1H3,(H,18,19). The number of unbranched alkanes of at least 4 members (excludes halogenated alkanes) is 1. The number of hydrogen-bond donors (Lipinski definition) is 1. The molecule has 1 N–H and O–H groups in total. The molecule has 0 saturated carbocycles. The summed E-state index contributed by atoms with van der Waals surface area (Å²) in [6.07, 6.45) is -1.60. The minimum Gasteiger partial charge on any atom is -0.494 e. The number of aromatic nitrogens is 2. The van der Waals surface area contributed by atoms with Crippen molar-refractivity contribution in [2.45, 2.75) is 25.9 Å². The maximum Gasteiger partial charge on any atom is 0.432 e. The fraction of sp³-hybridized carbons (Fsp3) is 0.357. The smallest absolute Gasteiger partial charge is 0.432 e. The van der Waals surface area contributed by atoms with E-state index < -0.39 is 11.9 Å². The summed E-state index contributed by atoms with van der Waals surface area (Å²) in [6, 6.07) is 6.81. The van der Waals surface area contributed by atoms with E-state index in [4.69, 9.17) is 4.74 Å². The number of aromatic amines is 1. The minimum absolute atomic E-state index is 0.192. The SMILES string of the molecule is CCCCOc1ccc(-c2ncc(C(F)(F)F)[nH]2)cc1. The summed E-state index contributed by atoms with van der Waals surface area (Å²) in [4.78, 5) is 6.01. The van der Waals surface area contributed by atoms with Gasteiger partial charge < -0.3 is 9.72 Å². The third-order valence-electron chi connectivity index (χ3n) is 2.78.